The Labute approximate surface area is 173 Å². The van der Waals surface area contributed by atoms with Gasteiger partial charge in [0.2, 0.25) is 0 Å². The number of nitrogens with one attached hydrogen (secondary N) is 1. The topological polar surface area (TPSA) is 90.7 Å². The molecule has 2 aromatic carbocycles. The second-order valence-corrected chi connectivity index (χ2v) is 7.14. The van der Waals surface area contributed by atoms with Gasteiger partial charge in [0.25, 0.3) is 5.69 Å². The lowest BCUT2D eigenvalue weighted by Crippen LogP contribution is -2.40. The summed E-state index contributed by atoms with van der Waals surface area (Å²) >= 11 is 0. The first-order valence-corrected chi connectivity index (χ1v) is 9.56. The molecule has 0 atom stereocenters. The van der Waals surface area contributed by atoms with Gasteiger partial charge in [-0.05, 0) is 48.2 Å². The van der Waals surface area contributed by atoms with E-state index in [0.29, 0.717) is 31.0 Å². The molecule has 7 nitrogen and oxygen atoms in total. The Morgan fingerprint density at radius 3 is 2.60 bits per heavy atom. The molecule has 0 aliphatic carbocycles. The van der Waals surface area contributed by atoms with Crippen molar-refractivity contribution in [1.82, 2.24) is 0 Å². The van der Waals surface area contributed by atoms with E-state index in [9.17, 15) is 19.3 Å². The number of rotatable bonds is 7. The highest BCUT2D eigenvalue weighted by molar-refractivity contribution is 5.87. The minimum atomic E-state index is -0.541. The summed E-state index contributed by atoms with van der Waals surface area (Å²) in [5.74, 6) is -0.847. The quantitative estimate of drug-likeness (QED) is 0.318. The van der Waals surface area contributed by atoms with E-state index in [1.165, 1.54) is 37.5 Å². The molecule has 1 fully saturated rings. The van der Waals surface area contributed by atoms with E-state index >= 15 is 0 Å². The minimum absolute atomic E-state index is 0.0941. The molecular weight excluding hydrogens is 391 g/mol. The summed E-state index contributed by atoms with van der Waals surface area (Å²) in [6, 6.07) is 11.1. The van der Waals surface area contributed by atoms with Crippen molar-refractivity contribution in [3.05, 3.63) is 75.6 Å². The van der Waals surface area contributed by atoms with Crippen LogP contribution in [0.5, 0.6) is 0 Å². The fourth-order valence-corrected chi connectivity index (χ4v) is 3.58. The maximum Gasteiger partial charge on any atom is 0.330 e. The van der Waals surface area contributed by atoms with Crippen molar-refractivity contribution >= 4 is 23.4 Å². The van der Waals surface area contributed by atoms with Gasteiger partial charge in [-0.1, -0.05) is 18.2 Å². The van der Waals surface area contributed by atoms with Gasteiger partial charge >= 0.3 is 5.97 Å². The largest absolute Gasteiger partial charge is 0.466 e. The molecule has 8 heteroatoms. The van der Waals surface area contributed by atoms with Gasteiger partial charge in [0.05, 0.1) is 12.0 Å². The van der Waals surface area contributed by atoms with Crippen molar-refractivity contribution in [2.45, 2.75) is 18.3 Å². The summed E-state index contributed by atoms with van der Waals surface area (Å²) in [4.78, 5) is 22.4. The molecule has 30 heavy (non-hydrogen) atoms. The minimum Gasteiger partial charge on any atom is -0.466 e. The number of carbonyl (C=O) groups excluding carboxylic acids is 1. The van der Waals surface area contributed by atoms with Crippen LogP contribution in [0.25, 0.3) is 6.08 Å². The van der Waals surface area contributed by atoms with E-state index in [2.05, 4.69) is 10.1 Å². The number of hydrogen-bond acceptors (Lipinski definition) is 6. The molecule has 0 unspecified atom stereocenters. The van der Waals surface area contributed by atoms with E-state index in [-0.39, 0.29) is 16.9 Å². The van der Waals surface area contributed by atoms with Crippen LogP contribution in [0.1, 0.15) is 24.0 Å². The van der Waals surface area contributed by atoms with Gasteiger partial charge in [0.15, 0.2) is 0 Å². The van der Waals surface area contributed by atoms with Crippen molar-refractivity contribution in [2.24, 2.45) is 0 Å². The average Bonchev–Trinajstić information content (AvgIpc) is 2.77. The van der Waals surface area contributed by atoms with E-state index in [1.54, 1.807) is 24.3 Å². The highest BCUT2D eigenvalue weighted by atomic mass is 19.1. The molecule has 2 aromatic rings. The maximum absolute atomic E-state index is 13.4. The second-order valence-electron chi connectivity index (χ2n) is 7.14. The number of methoxy groups -OCH3 is 1. The summed E-state index contributed by atoms with van der Waals surface area (Å²) in [6.07, 6.45) is 4.11. The van der Waals surface area contributed by atoms with Crippen LogP contribution in [0.2, 0.25) is 0 Å². The molecule has 1 aliphatic heterocycles. The van der Waals surface area contributed by atoms with E-state index in [4.69, 9.17) is 4.74 Å². The Morgan fingerprint density at radius 1 is 1.27 bits per heavy atom. The fraction of sp³-hybridized carbons (Fsp3) is 0.318. The Bertz CT molecular complexity index is 937. The number of halogens is 1. The van der Waals surface area contributed by atoms with Gasteiger partial charge in [-0.15, -0.1) is 0 Å². The van der Waals surface area contributed by atoms with E-state index in [0.717, 1.165) is 18.4 Å². The monoisotopic (exact) mass is 414 g/mol. The molecule has 3 rings (SSSR count). The number of benzene rings is 2. The Kier molecular flexibility index (Phi) is 6.79. The zero-order valence-corrected chi connectivity index (χ0v) is 16.6. The number of hydrogen-bond donors (Lipinski definition) is 1. The first kappa shape index (κ1) is 21.4. The predicted molar refractivity (Wildman–Crippen MR) is 111 cm³/mol. The lowest BCUT2D eigenvalue weighted by Gasteiger charge is -2.38. The SMILES string of the molecule is COC(=O)C=Cc1ccc(NCC2(c3ccc(F)cc3)CCOCC2)c([N+](=O)[O-])c1. The normalized spacial score (nSPS) is 15.7. The Balaban J connectivity index is 1.84. The third-order valence-electron chi connectivity index (χ3n) is 5.36. The van der Waals surface area contributed by atoms with Crippen molar-refractivity contribution in [1.29, 1.82) is 0 Å². The van der Waals surface area contributed by atoms with Crippen molar-refractivity contribution in [3.63, 3.8) is 0 Å². The highest BCUT2D eigenvalue weighted by Crippen LogP contribution is 2.36. The van der Waals surface area contributed by atoms with E-state index in [1.807, 2.05) is 0 Å². The Hall–Kier alpha value is -3.26. The van der Waals surface area contributed by atoms with Crippen LogP contribution in [-0.4, -0.2) is 37.8 Å². The lowest BCUT2D eigenvalue weighted by molar-refractivity contribution is -0.384. The molecule has 1 saturated heterocycles. The molecule has 0 radical (unpaired) electrons. The molecule has 0 saturated carbocycles. The molecule has 158 valence electrons. The number of carbonyl (C=O) groups is 1. The third-order valence-corrected chi connectivity index (χ3v) is 5.36. The van der Waals surface area contributed by atoms with Crippen LogP contribution in [0.4, 0.5) is 15.8 Å². The number of anilines is 1. The average molecular weight is 414 g/mol. The smallest absolute Gasteiger partial charge is 0.330 e. The number of esters is 1. The summed E-state index contributed by atoms with van der Waals surface area (Å²) in [7, 11) is 1.26. The van der Waals surface area contributed by atoms with Crippen molar-refractivity contribution in [2.75, 3.05) is 32.2 Å². The second kappa shape index (κ2) is 9.49. The van der Waals surface area contributed by atoms with Crippen molar-refractivity contribution < 1.29 is 23.6 Å². The number of nitro groups is 1. The van der Waals surface area contributed by atoms with E-state index < -0.39 is 10.9 Å². The number of ether oxygens (including phenoxy) is 2. The summed E-state index contributed by atoms with van der Waals surface area (Å²) in [5, 5.41) is 14.8. The van der Waals surface area contributed by atoms with Crippen LogP contribution >= 0.6 is 0 Å². The van der Waals surface area contributed by atoms with Crippen LogP contribution in [0, 0.1) is 15.9 Å². The molecule has 0 spiro atoms. The zero-order chi connectivity index (χ0) is 21.6. The van der Waals surface area contributed by atoms with Crippen molar-refractivity contribution in [3.8, 4) is 0 Å². The molecule has 1 heterocycles. The molecule has 0 amide bonds. The molecule has 1 N–H and O–H groups in total. The first-order valence-electron chi connectivity index (χ1n) is 9.56. The third kappa shape index (κ3) is 5.01. The number of nitrogens with zero attached hydrogens (tertiary/aromatic N) is 1. The predicted octanol–water partition coefficient (Wildman–Crippen LogP) is 4.08. The standard InChI is InChI=1S/C22H23FN2O5/c1-29-21(26)9-3-16-2-8-19(20(14-16)25(27)28)24-15-22(10-12-30-13-11-22)17-4-6-18(23)7-5-17/h2-9,14,24H,10-13,15H2,1H3. The van der Waals surface area contributed by atoms with Gasteiger partial charge in [-0.25, -0.2) is 9.18 Å². The fourth-order valence-electron chi connectivity index (χ4n) is 3.58. The van der Waals surface area contributed by atoms with Crippen LogP contribution in [0.15, 0.2) is 48.5 Å². The van der Waals surface area contributed by atoms with Crippen LogP contribution in [0.3, 0.4) is 0 Å². The summed E-state index contributed by atoms with van der Waals surface area (Å²) in [5.41, 5.74) is 1.45. The van der Waals surface area contributed by atoms with Gasteiger partial charge in [-0.3, -0.25) is 10.1 Å². The van der Waals surface area contributed by atoms with Gasteiger partial charge in [0.1, 0.15) is 11.5 Å². The van der Waals surface area contributed by atoms with Crippen LogP contribution in [-0.2, 0) is 19.7 Å². The molecular formula is C22H23FN2O5. The maximum atomic E-state index is 13.4. The van der Waals surface area contributed by atoms with Gasteiger partial charge in [0, 0.05) is 37.3 Å². The molecule has 1 aliphatic rings. The van der Waals surface area contributed by atoms with Gasteiger partial charge < -0.3 is 14.8 Å². The first-order chi connectivity index (χ1) is 14.4. The zero-order valence-electron chi connectivity index (χ0n) is 16.6. The lowest BCUT2D eigenvalue weighted by atomic mass is 9.74. The highest BCUT2D eigenvalue weighted by Gasteiger charge is 2.35. The number of nitro benzene ring substituents is 1. The van der Waals surface area contributed by atoms with Crippen LogP contribution < -0.4 is 5.32 Å². The van der Waals surface area contributed by atoms with Gasteiger partial charge in [-0.2, -0.15) is 0 Å². The molecule has 0 aromatic heterocycles. The Morgan fingerprint density at radius 2 is 1.97 bits per heavy atom. The summed E-state index contributed by atoms with van der Waals surface area (Å²) in [6.45, 7) is 1.58. The summed E-state index contributed by atoms with van der Waals surface area (Å²) < 4.78 is 23.4. The molecule has 0 bridgehead atoms.